The average molecular weight is 441 g/mol. The number of hydrogen-bond acceptors (Lipinski definition) is 1. The molecule has 0 aliphatic rings. The number of aromatic nitrogens is 2. The molecule has 1 heterocycles. The highest BCUT2D eigenvalue weighted by Crippen LogP contribution is 2.41. The Bertz CT molecular complexity index is 1260. The second-order valence-corrected chi connectivity index (χ2v) is 8.40. The second-order valence-electron chi connectivity index (χ2n) is 8.40. The van der Waals surface area contributed by atoms with Crippen molar-refractivity contribution in [3.8, 4) is 0 Å². The van der Waals surface area contributed by atoms with Gasteiger partial charge in [-0.2, -0.15) is 0 Å². The molecule has 0 bridgehead atoms. The van der Waals surface area contributed by atoms with Gasteiger partial charge in [-0.05, 0) is 40.3 Å². The molecule has 0 saturated carbocycles. The van der Waals surface area contributed by atoms with Crippen molar-refractivity contribution in [2.45, 2.75) is 18.9 Å². The van der Waals surface area contributed by atoms with Crippen LogP contribution in [0.15, 0.2) is 134 Å². The van der Waals surface area contributed by atoms with Crippen molar-refractivity contribution in [2.75, 3.05) is 0 Å². The Kier molecular flexibility index (Phi) is 6.22. The largest absolute Gasteiger partial charge is 0.318 e. The molecule has 166 valence electrons. The SMILES string of the molecule is CC/C(=C\c1cn(C(c2ccccc2)(c2ccccc2)c2ccccc2)cn1)c1ccccc1. The first-order chi connectivity index (χ1) is 16.8. The maximum Gasteiger partial charge on any atom is 0.121 e. The van der Waals surface area contributed by atoms with E-state index >= 15 is 0 Å². The molecule has 0 atom stereocenters. The number of allylic oxidation sites excluding steroid dienone is 1. The van der Waals surface area contributed by atoms with Gasteiger partial charge >= 0.3 is 0 Å². The van der Waals surface area contributed by atoms with Crippen LogP contribution in [0.25, 0.3) is 11.6 Å². The highest BCUT2D eigenvalue weighted by molar-refractivity contribution is 5.80. The summed E-state index contributed by atoms with van der Waals surface area (Å²) in [6.45, 7) is 2.19. The minimum atomic E-state index is -0.540. The molecule has 5 rings (SSSR count). The van der Waals surface area contributed by atoms with Crippen LogP contribution in [0.2, 0.25) is 0 Å². The number of imidazole rings is 1. The van der Waals surface area contributed by atoms with Crippen LogP contribution >= 0.6 is 0 Å². The van der Waals surface area contributed by atoms with Gasteiger partial charge in [0.15, 0.2) is 0 Å². The average Bonchev–Trinajstić information content (AvgIpc) is 3.39. The predicted octanol–water partition coefficient (Wildman–Crippen LogP) is 7.67. The van der Waals surface area contributed by atoms with E-state index in [1.165, 1.54) is 27.8 Å². The van der Waals surface area contributed by atoms with Crippen LogP contribution in [-0.2, 0) is 5.54 Å². The monoisotopic (exact) mass is 440 g/mol. The Labute approximate surface area is 201 Å². The quantitative estimate of drug-likeness (QED) is 0.237. The van der Waals surface area contributed by atoms with Crippen LogP contribution in [-0.4, -0.2) is 9.55 Å². The fourth-order valence-electron chi connectivity index (χ4n) is 4.80. The van der Waals surface area contributed by atoms with E-state index in [1.807, 2.05) is 6.33 Å². The van der Waals surface area contributed by atoms with Crippen LogP contribution in [0.1, 0.15) is 41.3 Å². The van der Waals surface area contributed by atoms with Crippen molar-refractivity contribution in [1.82, 2.24) is 9.55 Å². The summed E-state index contributed by atoms with van der Waals surface area (Å²) in [5.41, 5.74) is 6.50. The molecule has 0 aliphatic heterocycles. The third-order valence-electron chi connectivity index (χ3n) is 6.41. The van der Waals surface area contributed by atoms with Crippen molar-refractivity contribution in [2.24, 2.45) is 0 Å². The molecule has 1 aromatic heterocycles. The van der Waals surface area contributed by atoms with E-state index in [4.69, 9.17) is 4.98 Å². The van der Waals surface area contributed by atoms with Gasteiger partial charge in [-0.25, -0.2) is 4.98 Å². The summed E-state index contributed by atoms with van der Waals surface area (Å²) in [5.74, 6) is 0. The summed E-state index contributed by atoms with van der Waals surface area (Å²) in [7, 11) is 0. The molecular weight excluding hydrogens is 412 g/mol. The molecule has 0 aliphatic carbocycles. The van der Waals surface area contributed by atoms with Crippen LogP contribution < -0.4 is 0 Å². The number of benzene rings is 4. The van der Waals surface area contributed by atoms with Crippen molar-refractivity contribution >= 4 is 11.6 Å². The number of rotatable bonds is 7. The Balaban J connectivity index is 1.73. The zero-order chi connectivity index (χ0) is 23.2. The van der Waals surface area contributed by atoms with E-state index in [1.54, 1.807) is 0 Å². The standard InChI is InChI=1S/C32H28N2/c1-2-26(27-15-7-3-8-16-27)23-31-24-34(25-33-31)32(28-17-9-4-10-18-28,29-19-11-5-12-20-29)30-21-13-6-14-22-30/h3-25H,2H2,1H3/b26-23+. The lowest BCUT2D eigenvalue weighted by Gasteiger charge is -2.37. The van der Waals surface area contributed by atoms with Gasteiger partial charge in [-0.15, -0.1) is 0 Å². The van der Waals surface area contributed by atoms with Gasteiger partial charge in [0.1, 0.15) is 5.54 Å². The first-order valence-corrected chi connectivity index (χ1v) is 11.8. The lowest BCUT2D eigenvalue weighted by molar-refractivity contribution is 0.514. The molecular formula is C32H28N2. The first kappa shape index (κ1) is 21.7. The number of nitrogens with zero attached hydrogens (tertiary/aromatic N) is 2. The Morgan fingerprint density at radius 2 is 1.12 bits per heavy atom. The van der Waals surface area contributed by atoms with Gasteiger partial charge < -0.3 is 4.57 Å². The minimum Gasteiger partial charge on any atom is -0.318 e. The molecule has 0 saturated heterocycles. The molecule has 2 nitrogen and oxygen atoms in total. The van der Waals surface area contributed by atoms with E-state index in [0.717, 1.165) is 12.1 Å². The fraction of sp³-hybridized carbons (Fsp3) is 0.0938. The molecule has 0 unspecified atom stereocenters. The van der Waals surface area contributed by atoms with Gasteiger partial charge in [0.25, 0.3) is 0 Å². The van der Waals surface area contributed by atoms with E-state index in [0.29, 0.717) is 0 Å². The van der Waals surface area contributed by atoms with E-state index < -0.39 is 5.54 Å². The van der Waals surface area contributed by atoms with Gasteiger partial charge in [-0.3, -0.25) is 0 Å². The van der Waals surface area contributed by atoms with E-state index in [9.17, 15) is 0 Å². The highest BCUT2D eigenvalue weighted by atomic mass is 15.1. The lowest BCUT2D eigenvalue weighted by atomic mass is 9.77. The Hall–Kier alpha value is -4.17. The summed E-state index contributed by atoms with van der Waals surface area (Å²) in [6, 6.07) is 42.6. The number of hydrogen-bond donors (Lipinski definition) is 0. The summed E-state index contributed by atoms with van der Waals surface area (Å²) in [5, 5.41) is 0. The summed E-state index contributed by atoms with van der Waals surface area (Å²) in [4.78, 5) is 4.86. The van der Waals surface area contributed by atoms with E-state index in [2.05, 4.69) is 145 Å². The van der Waals surface area contributed by atoms with Crippen LogP contribution in [0.5, 0.6) is 0 Å². The molecule has 0 spiro atoms. The normalized spacial score (nSPS) is 12.0. The van der Waals surface area contributed by atoms with Gasteiger partial charge in [0, 0.05) is 6.20 Å². The van der Waals surface area contributed by atoms with Crippen LogP contribution in [0.3, 0.4) is 0 Å². The van der Waals surface area contributed by atoms with Crippen LogP contribution in [0.4, 0.5) is 0 Å². The topological polar surface area (TPSA) is 17.8 Å². The summed E-state index contributed by atoms with van der Waals surface area (Å²) >= 11 is 0. The van der Waals surface area contributed by atoms with Crippen molar-refractivity contribution in [3.63, 3.8) is 0 Å². The van der Waals surface area contributed by atoms with Crippen LogP contribution in [0, 0.1) is 0 Å². The maximum absolute atomic E-state index is 4.86. The fourth-order valence-corrected chi connectivity index (χ4v) is 4.80. The third-order valence-corrected chi connectivity index (χ3v) is 6.41. The third kappa shape index (κ3) is 3.99. The Morgan fingerprint density at radius 3 is 1.56 bits per heavy atom. The maximum atomic E-state index is 4.86. The second kappa shape index (κ2) is 9.76. The predicted molar refractivity (Wildman–Crippen MR) is 141 cm³/mol. The summed E-state index contributed by atoms with van der Waals surface area (Å²) < 4.78 is 2.26. The molecule has 0 N–H and O–H groups in total. The van der Waals surface area contributed by atoms with Crippen molar-refractivity contribution in [1.29, 1.82) is 0 Å². The van der Waals surface area contributed by atoms with Gasteiger partial charge in [0.05, 0.1) is 12.0 Å². The zero-order valence-electron chi connectivity index (χ0n) is 19.4. The molecule has 4 aromatic carbocycles. The van der Waals surface area contributed by atoms with E-state index in [-0.39, 0.29) is 0 Å². The zero-order valence-corrected chi connectivity index (χ0v) is 19.4. The van der Waals surface area contributed by atoms with Crippen molar-refractivity contribution < 1.29 is 0 Å². The molecule has 0 radical (unpaired) electrons. The molecule has 5 aromatic rings. The smallest absolute Gasteiger partial charge is 0.121 e. The van der Waals surface area contributed by atoms with Crippen molar-refractivity contribution in [3.05, 3.63) is 162 Å². The molecule has 0 amide bonds. The van der Waals surface area contributed by atoms with Gasteiger partial charge in [-0.1, -0.05) is 128 Å². The lowest BCUT2D eigenvalue weighted by Crippen LogP contribution is -2.36. The molecule has 2 heteroatoms. The Morgan fingerprint density at radius 1 is 0.676 bits per heavy atom. The minimum absolute atomic E-state index is 0.540. The summed E-state index contributed by atoms with van der Waals surface area (Å²) in [6.07, 6.45) is 7.29. The van der Waals surface area contributed by atoms with Gasteiger partial charge in [0.2, 0.25) is 0 Å². The molecule has 0 fully saturated rings. The molecule has 34 heavy (non-hydrogen) atoms. The highest BCUT2D eigenvalue weighted by Gasteiger charge is 2.38. The first-order valence-electron chi connectivity index (χ1n) is 11.8.